The molecule has 33 heavy (non-hydrogen) atoms. The number of fused-ring (bicyclic) bond motifs is 1. The molecule has 2 aromatic carbocycles. The Morgan fingerprint density at radius 3 is 2.70 bits per heavy atom. The number of methoxy groups -OCH3 is 1. The fraction of sp³-hybridized carbons (Fsp3) is 0.217. The van der Waals surface area contributed by atoms with Crippen molar-refractivity contribution in [3.63, 3.8) is 0 Å². The highest BCUT2D eigenvalue weighted by Crippen LogP contribution is 2.26. The zero-order valence-corrected chi connectivity index (χ0v) is 18.2. The Morgan fingerprint density at radius 1 is 1.12 bits per heavy atom. The topological polar surface area (TPSA) is 103 Å². The smallest absolute Gasteiger partial charge is 0.229 e. The summed E-state index contributed by atoms with van der Waals surface area (Å²) in [5, 5.41) is 10.9. The molecule has 170 valence electrons. The van der Waals surface area contributed by atoms with Gasteiger partial charge in [0.2, 0.25) is 11.9 Å². The maximum atomic E-state index is 14.7. The van der Waals surface area contributed by atoms with E-state index in [0.717, 1.165) is 6.20 Å². The van der Waals surface area contributed by atoms with Gasteiger partial charge in [0.15, 0.2) is 11.6 Å². The molecule has 9 nitrogen and oxygen atoms in total. The molecule has 0 unspecified atom stereocenters. The lowest BCUT2D eigenvalue weighted by Crippen LogP contribution is -2.09. The number of amides is 1. The number of hydrogen-bond donors (Lipinski definition) is 2. The molecule has 0 saturated heterocycles. The van der Waals surface area contributed by atoms with Crippen molar-refractivity contribution in [2.24, 2.45) is 0 Å². The molecule has 2 N–H and O–H groups in total. The molecule has 0 fully saturated rings. The van der Waals surface area contributed by atoms with Crippen LogP contribution >= 0.6 is 0 Å². The average Bonchev–Trinajstić information content (AvgIpc) is 3.26. The first kappa shape index (κ1) is 22.2. The van der Waals surface area contributed by atoms with Crippen LogP contribution in [0.5, 0.6) is 5.75 Å². The maximum absolute atomic E-state index is 14.7. The quantitative estimate of drug-likeness (QED) is 0.371. The normalized spacial score (nSPS) is 10.9. The van der Waals surface area contributed by atoms with Crippen molar-refractivity contribution in [1.29, 1.82) is 0 Å². The van der Waals surface area contributed by atoms with Crippen LogP contribution in [0.1, 0.15) is 13.3 Å². The molecule has 10 heteroatoms. The second-order valence-electron chi connectivity index (χ2n) is 7.05. The van der Waals surface area contributed by atoms with Crippen LogP contribution in [0.3, 0.4) is 0 Å². The summed E-state index contributed by atoms with van der Waals surface area (Å²) in [6, 6.07) is 12.5. The lowest BCUT2D eigenvalue weighted by atomic mass is 10.2. The minimum atomic E-state index is -0.629. The van der Waals surface area contributed by atoms with Gasteiger partial charge in [0.1, 0.15) is 12.4 Å². The molecular formula is C23H23FN6O3. The largest absolute Gasteiger partial charge is 0.491 e. The summed E-state index contributed by atoms with van der Waals surface area (Å²) < 4.78 is 26.5. The number of aromatic nitrogens is 4. The third-order valence-electron chi connectivity index (χ3n) is 4.80. The first-order valence-corrected chi connectivity index (χ1v) is 10.4. The summed E-state index contributed by atoms with van der Waals surface area (Å²) in [5.74, 6) is 0.146. The second-order valence-corrected chi connectivity index (χ2v) is 7.05. The van der Waals surface area contributed by atoms with Gasteiger partial charge in [-0.3, -0.25) is 4.79 Å². The van der Waals surface area contributed by atoms with Crippen molar-refractivity contribution >= 4 is 34.1 Å². The number of benzene rings is 2. The molecule has 0 saturated carbocycles. The number of carbonyl (C=O) groups excluding carboxylic acids is 1. The van der Waals surface area contributed by atoms with E-state index < -0.39 is 5.82 Å². The van der Waals surface area contributed by atoms with Crippen molar-refractivity contribution < 1.29 is 18.7 Å². The third kappa shape index (κ3) is 5.07. The van der Waals surface area contributed by atoms with E-state index in [9.17, 15) is 9.18 Å². The van der Waals surface area contributed by atoms with Crippen LogP contribution in [-0.4, -0.2) is 46.0 Å². The number of nitrogens with zero attached hydrogens (tertiary/aromatic N) is 4. The van der Waals surface area contributed by atoms with Gasteiger partial charge in [0.25, 0.3) is 0 Å². The Bertz CT molecular complexity index is 1260. The fourth-order valence-electron chi connectivity index (χ4n) is 3.14. The summed E-state index contributed by atoms with van der Waals surface area (Å²) in [5.41, 5.74) is 1.91. The van der Waals surface area contributed by atoms with E-state index in [1.165, 1.54) is 4.68 Å². The maximum Gasteiger partial charge on any atom is 0.229 e. The molecule has 0 radical (unpaired) electrons. The van der Waals surface area contributed by atoms with Crippen LogP contribution < -0.4 is 15.4 Å². The second kappa shape index (κ2) is 10.0. The SMILES string of the molecule is CCC(=O)Nc1cccc2c1cnn2-c1nc(Nc2ccc(OCCOC)cc2)ncc1F. The lowest BCUT2D eigenvalue weighted by Gasteiger charge is -2.10. The predicted octanol–water partition coefficient (Wildman–Crippen LogP) is 4.07. The van der Waals surface area contributed by atoms with Crippen molar-refractivity contribution in [2.45, 2.75) is 13.3 Å². The van der Waals surface area contributed by atoms with E-state index in [0.29, 0.717) is 47.7 Å². The van der Waals surface area contributed by atoms with Gasteiger partial charge in [-0.05, 0) is 36.4 Å². The average molecular weight is 450 g/mol. The minimum absolute atomic E-state index is 0.0130. The Morgan fingerprint density at radius 2 is 1.94 bits per heavy atom. The number of carbonyl (C=O) groups is 1. The number of rotatable bonds is 9. The van der Waals surface area contributed by atoms with Gasteiger partial charge in [-0.25, -0.2) is 14.1 Å². The monoisotopic (exact) mass is 450 g/mol. The van der Waals surface area contributed by atoms with Crippen LogP contribution in [0.2, 0.25) is 0 Å². The Labute approximate surface area is 189 Å². The molecule has 4 aromatic rings. The van der Waals surface area contributed by atoms with E-state index in [4.69, 9.17) is 9.47 Å². The first-order valence-electron chi connectivity index (χ1n) is 10.4. The van der Waals surface area contributed by atoms with E-state index in [-0.39, 0.29) is 17.7 Å². The molecule has 4 rings (SSSR count). The standard InChI is InChI=1S/C23H23FN6O3/c1-3-21(31)28-19-5-4-6-20-17(19)13-26-30(20)22-18(24)14-25-23(29-22)27-15-7-9-16(10-8-15)33-12-11-32-2/h4-10,13-14H,3,11-12H2,1-2H3,(H,28,31)(H,25,27,29). The van der Waals surface area contributed by atoms with Gasteiger partial charge in [0, 0.05) is 24.6 Å². The summed E-state index contributed by atoms with van der Waals surface area (Å²) in [6.07, 6.45) is 3.00. The summed E-state index contributed by atoms with van der Waals surface area (Å²) >= 11 is 0. The van der Waals surface area contributed by atoms with Gasteiger partial charge in [0.05, 0.1) is 30.2 Å². The summed E-state index contributed by atoms with van der Waals surface area (Å²) in [6.45, 7) is 2.72. The highest BCUT2D eigenvalue weighted by molar-refractivity contribution is 6.01. The molecule has 1 amide bonds. The van der Waals surface area contributed by atoms with Crippen LogP contribution in [0.4, 0.5) is 21.7 Å². The number of halogens is 1. The Hall–Kier alpha value is -4.05. The van der Waals surface area contributed by atoms with Gasteiger partial charge in [-0.2, -0.15) is 10.1 Å². The molecule has 0 aliphatic carbocycles. The summed E-state index contributed by atoms with van der Waals surface area (Å²) in [4.78, 5) is 20.2. The van der Waals surface area contributed by atoms with E-state index in [1.54, 1.807) is 62.7 Å². The van der Waals surface area contributed by atoms with E-state index in [1.807, 2.05) is 0 Å². The van der Waals surface area contributed by atoms with Crippen molar-refractivity contribution in [1.82, 2.24) is 19.7 Å². The first-order chi connectivity index (χ1) is 16.1. The number of ether oxygens (including phenoxy) is 2. The number of hydrogen-bond acceptors (Lipinski definition) is 7. The third-order valence-corrected chi connectivity index (χ3v) is 4.80. The molecule has 0 bridgehead atoms. The van der Waals surface area contributed by atoms with Crippen molar-refractivity contribution in [3.8, 4) is 11.6 Å². The van der Waals surface area contributed by atoms with Gasteiger partial charge >= 0.3 is 0 Å². The number of anilines is 3. The molecule has 0 aliphatic rings. The fourth-order valence-corrected chi connectivity index (χ4v) is 3.14. The van der Waals surface area contributed by atoms with Gasteiger partial charge in [-0.15, -0.1) is 0 Å². The minimum Gasteiger partial charge on any atom is -0.491 e. The van der Waals surface area contributed by atoms with Crippen LogP contribution in [-0.2, 0) is 9.53 Å². The highest BCUT2D eigenvalue weighted by Gasteiger charge is 2.15. The van der Waals surface area contributed by atoms with Gasteiger partial charge < -0.3 is 20.1 Å². The molecule has 0 atom stereocenters. The van der Waals surface area contributed by atoms with Gasteiger partial charge in [-0.1, -0.05) is 13.0 Å². The zero-order chi connectivity index (χ0) is 23.2. The zero-order valence-electron chi connectivity index (χ0n) is 18.2. The predicted molar refractivity (Wildman–Crippen MR) is 123 cm³/mol. The highest BCUT2D eigenvalue weighted by atomic mass is 19.1. The van der Waals surface area contributed by atoms with Crippen LogP contribution in [0.25, 0.3) is 16.7 Å². The molecular weight excluding hydrogens is 427 g/mol. The van der Waals surface area contributed by atoms with Crippen LogP contribution in [0, 0.1) is 5.82 Å². The Balaban J connectivity index is 1.58. The molecule has 0 aliphatic heterocycles. The van der Waals surface area contributed by atoms with E-state index in [2.05, 4.69) is 25.7 Å². The molecule has 2 aromatic heterocycles. The van der Waals surface area contributed by atoms with Crippen molar-refractivity contribution in [3.05, 3.63) is 60.7 Å². The number of nitrogens with one attached hydrogen (secondary N) is 2. The van der Waals surface area contributed by atoms with E-state index >= 15 is 0 Å². The van der Waals surface area contributed by atoms with Crippen LogP contribution in [0.15, 0.2) is 54.9 Å². The molecule has 2 heterocycles. The Kier molecular flexibility index (Phi) is 6.75. The lowest BCUT2D eigenvalue weighted by molar-refractivity contribution is -0.115. The summed E-state index contributed by atoms with van der Waals surface area (Å²) in [7, 11) is 1.61. The molecule has 0 spiro atoms. The van der Waals surface area contributed by atoms with Crippen molar-refractivity contribution in [2.75, 3.05) is 31.0 Å².